The number of hydrogen-bond donors (Lipinski definition) is 0. The Hall–Kier alpha value is -1.72. The molecule has 1 unspecified atom stereocenters. The van der Waals surface area contributed by atoms with E-state index in [1.54, 1.807) is 0 Å². The highest BCUT2D eigenvalue weighted by molar-refractivity contribution is 5.18. The first kappa shape index (κ1) is 14.2. The Bertz CT molecular complexity index is 581. The van der Waals surface area contributed by atoms with Gasteiger partial charge in [0.1, 0.15) is 0 Å². The van der Waals surface area contributed by atoms with Crippen molar-refractivity contribution in [2.75, 3.05) is 19.7 Å². The number of benzene rings is 1. The van der Waals surface area contributed by atoms with Crippen molar-refractivity contribution >= 4 is 0 Å². The average Bonchev–Trinajstić information content (AvgIpc) is 2.89. The molecule has 112 valence electrons. The SMILES string of the molecule is CCn1nnc(C)c1CN1CCOC(c2ccccc2)C1. The summed E-state index contributed by atoms with van der Waals surface area (Å²) in [7, 11) is 0. The van der Waals surface area contributed by atoms with E-state index >= 15 is 0 Å². The molecule has 0 N–H and O–H groups in total. The van der Waals surface area contributed by atoms with Gasteiger partial charge in [0.25, 0.3) is 0 Å². The van der Waals surface area contributed by atoms with Crippen LogP contribution in [0.3, 0.4) is 0 Å². The normalized spacial score (nSPS) is 19.8. The predicted molar refractivity (Wildman–Crippen MR) is 80.8 cm³/mol. The van der Waals surface area contributed by atoms with Crippen molar-refractivity contribution in [3.05, 3.63) is 47.3 Å². The van der Waals surface area contributed by atoms with Crippen LogP contribution in [0.25, 0.3) is 0 Å². The van der Waals surface area contributed by atoms with Crippen molar-refractivity contribution in [2.45, 2.75) is 33.0 Å². The van der Waals surface area contributed by atoms with Crippen LogP contribution in [0.15, 0.2) is 30.3 Å². The molecule has 1 aromatic heterocycles. The van der Waals surface area contributed by atoms with E-state index in [4.69, 9.17) is 4.74 Å². The van der Waals surface area contributed by atoms with Gasteiger partial charge in [0.15, 0.2) is 0 Å². The van der Waals surface area contributed by atoms with Crippen LogP contribution in [0.1, 0.15) is 30.0 Å². The fraction of sp³-hybridized carbons (Fsp3) is 0.500. The third kappa shape index (κ3) is 3.14. The highest BCUT2D eigenvalue weighted by Crippen LogP contribution is 2.23. The first-order chi connectivity index (χ1) is 10.3. The number of ether oxygens (including phenoxy) is 1. The lowest BCUT2D eigenvalue weighted by Crippen LogP contribution is -2.38. The second-order valence-corrected chi connectivity index (χ2v) is 5.44. The van der Waals surface area contributed by atoms with Gasteiger partial charge in [0, 0.05) is 26.2 Å². The monoisotopic (exact) mass is 286 g/mol. The number of rotatable bonds is 4. The van der Waals surface area contributed by atoms with E-state index in [1.807, 2.05) is 17.7 Å². The lowest BCUT2D eigenvalue weighted by Gasteiger charge is -2.33. The summed E-state index contributed by atoms with van der Waals surface area (Å²) in [5, 5.41) is 8.37. The minimum atomic E-state index is 0.159. The van der Waals surface area contributed by atoms with Gasteiger partial charge in [-0.1, -0.05) is 35.5 Å². The summed E-state index contributed by atoms with van der Waals surface area (Å²) in [5.41, 5.74) is 3.49. The van der Waals surface area contributed by atoms with E-state index in [9.17, 15) is 0 Å². The van der Waals surface area contributed by atoms with Crippen molar-refractivity contribution in [3.63, 3.8) is 0 Å². The van der Waals surface area contributed by atoms with Crippen LogP contribution in [0.4, 0.5) is 0 Å². The zero-order chi connectivity index (χ0) is 14.7. The molecule has 0 spiro atoms. The average molecular weight is 286 g/mol. The molecule has 2 heterocycles. The maximum absolute atomic E-state index is 5.92. The van der Waals surface area contributed by atoms with Gasteiger partial charge >= 0.3 is 0 Å². The molecule has 0 amide bonds. The highest BCUT2D eigenvalue weighted by Gasteiger charge is 2.23. The summed E-state index contributed by atoms with van der Waals surface area (Å²) in [6.07, 6.45) is 0.159. The quantitative estimate of drug-likeness (QED) is 0.864. The number of nitrogens with zero attached hydrogens (tertiary/aromatic N) is 4. The summed E-state index contributed by atoms with van der Waals surface area (Å²) in [5.74, 6) is 0. The molecule has 0 bridgehead atoms. The van der Waals surface area contributed by atoms with Crippen LogP contribution < -0.4 is 0 Å². The molecule has 1 fully saturated rings. The Balaban J connectivity index is 1.70. The summed E-state index contributed by atoms with van der Waals surface area (Å²) in [6.45, 7) is 8.53. The topological polar surface area (TPSA) is 43.2 Å². The Morgan fingerprint density at radius 3 is 2.86 bits per heavy atom. The minimum Gasteiger partial charge on any atom is -0.371 e. The molecule has 0 aliphatic carbocycles. The molecule has 5 nitrogen and oxygen atoms in total. The van der Waals surface area contributed by atoms with E-state index in [0.29, 0.717) is 0 Å². The molecule has 21 heavy (non-hydrogen) atoms. The second kappa shape index (κ2) is 6.37. The zero-order valence-corrected chi connectivity index (χ0v) is 12.7. The first-order valence-corrected chi connectivity index (χ1v) is 7.55. The molecule has 0 saturated carbocycles. The molecule has 2 aromatic rings. The lowest BCUT2D eigenvalue weighted by atomic mass is 10.1. The standard InChI is InChI=1S/C16H22N4O/c1-3-20-15(13(2)17-18-20)11-19-9-10-21-16(12-19)14-7-5-4-6-8-14/h4-8,16H,3,9-12H2,1-2H3. The molecule has 1 saturated heterocycles. The lowest BCUT2D eigenvalue weighted by molar-refractivity contribution is -0.0337. The molecule has 5 heteroatoms. The van der Waals surface area contributed by atoms with Crippen LogP contribution in [0.2, 0.25) is 0 Å². The van der Waals surface area contributed by atoms with E-state index in [1.165, 1.54) is 11.3 Å². The van der Waals surface area contributed by atoms with Crippen molar-refractivity contribution < 1.29 is 4.74 Å². The fourth-order valence-electron chi connectivity index (χ4n) is 2.80. The van der Waals surface area contributed by atoms with E-state index < -0.39 is 0 Å². The summed E-state index contributed by atoms with van der Waals surface area (Å²) in [6, 6.07) is 10.4. The van der Waals surface area contributed by atoms with Gasteiger partial charge in [-0.3, -0.25) is 4.90 Å². The highest BCUT2D eigenvalue weighted by atomic mass is 16.5. The van der Waals surface area contributed by atoms with Crippen molar-refractivity contribution in [3.8, 4) is 0 Å². The first-order valence-electron chi connectivity index (χ1n) is 7.55. The summed E-state index contributed by atoms with van der Waals surface area (Å²) < 4.78 is 7.91. The fourth-order valence-corrected chi connectivity index (χ4v) is 2.80. The number of aryl methyl sites for hydroxylation is 2. The molecule has 1 aliphatic heterocycles. The predicted octanol–water partition coefficient (Wildman–Crippen LogP) is 2.18. The van der Waals surface area contributed by atoms with Crippen molar-refractivity contribution in [1.29, 1.82) is 0 Å². The Kier molecular flexibility index (Phi) is 4.31. The molecule has 1 atom stereocenters. The maximum Gasteiger partial charge on any atom is 0.0952 e. The number of morpholine rings is 1. The number of hydrogen-bond acceptors (Lipinski definition) is 4. The van der Waals surface area contributed by atoms with E-state index in [-0.39, 0.29) is 6.10 Å². The third-order valence-corrected chi connectivity index (χ3v) is 4.03. The molecule has 1 aromatic carbocycles. The van der Waals surface area contributed by atoms with Crippen molar-refractivity contribution in [2.24, 2.45) is 0 Å². The van der Waals surface area contributed by atoms with Crippen LogP contribution >= 0.6 is 0 Å². The maximum atomic E-state index is 5.92. The van der Waals surface area contributed by atoms with Gasteiger partial charge in [0.2, 0.25) is 0 Å². The van der Waals surface area contributed by atoms with E-state index in [0.717, 1.165) is 38.5 Å². The van der Waals surface area contributed by atoms with Gasteiger partial charge in [-0.15, -0.1) is 5.10 Å². The summed E-state index contributed by atoms with van der Waals surface area (Å²) in [4.78, 5) is 2.43. The van der Waals surface area contributed by atoms with Gasteiger partial charge in [-0.25, -0.2) is 4.68 Å². The van der Waals surface area contributed by atoms with Gasteiger partial charge in [-0.2, -0.15) is 0 Å². The third-order valence-electron chi connectivity index (χ3n) is 4.03. The van der Waals surface area contributed by atoms with Gasteiger partial charge in [-0.05, 0) is 19.4 Å². The minimum absolute atomic E-state index is 0.159. The summed E-state index contributed by atoms with van der Waals surface area (Å²) >= 11 is 0. The number of aromatic nitrogens is 3. The van der Waals surface area contributed by atoms with Crippen LogP contribution in [0, 0.1) is 6.92 Å². The van der Waals surface area contributed by atoms with Crippen molar-refractivity contribution in [1.82, 2.24) is 19.9 Å². The van der Waals surface area contributed by atoms with Gasteiger partial charge in [0.05, 0.1) is 24.1 Å². The van der Waals surface area contributed by atoms with Gasteiger partial charge < -0.3 is 4.74 Å². The second-order valence-electron chi connectivity index (χ2n) is 5.44. The van der Waals surface area contributed by atoms with E-state index in [2.05, 4.69) is 46.4 Å². The largest absolute Gasteiger partial charge is 0.371 e. The molecular formula is C16H22N4O. The van der Waals surface area contributed by atoms with Crippen LogP contribution in [0.5, 0.6) is 0 Å². The Morgan fingerprint density at radius 2 is 2.10 bits per heavy atom. The van der Waals surface area contributed by atoms with Crippen LogP contribution in [-0.4, -0.2) is 39.6 Å². The molecule has 0 radical (unpaired) electrons. The molecule has 3 rings (SSSR count). The smallest absolute Gasteiger partial charge is 0.0952 e. The zero-order valence-electron chi connectivity index (χ0n) is 12.7. The molecule has 1 aliphatic rings. The Morgan fingerprint density at radius 1 is 1.29 bits per heavy atom. The van der Waals surface area contributed by atoms with Crippen LogP contribution in [-0.2, 0) is 17.8 Å². The molecular weight excluding hydrogens is 264 g/mol. The Labute approximate surface area is 125 Å².